The van der Waals surface area contributed by atoms with Gasteiger partial charge in [-0.25, -0.2) is 8.78 Å². The van der Waals surface area contributed by atoms with Gasteiger partial charge in [-0.2, -0.15) is 0 Å². The van der Waals surface area contributed by atoms with Crippen LogP contribution in [0.4, 0.5) is 14.5 Å². The Bertz CT molecular complexity index is 649. The third-order valence-electron chi connectivity index (χ3n) is 4.21. The second-order valence-corrected chi connectivity index (χ2v) is 5.84. The minimum absolute atomic E-state index is 0.611. The first-order chi connectivity index (χ1) is 10.6. The molecule has 0 spiro atoms. The number of rotatable bonds is 3. The van der Waals surface area contributed by atoms with Crippen LogP contribution in [0.3, 0.4) is 0 Å². The predicted molar refractivity (Wildman–Crippen MR) is 85.3 cm³/mol. The Morgan fingerprint density at radius 2 is 1.64 bits per heavy atom. The zero-order valence-corrected chi connectivity index (χ0v) is 12.7. The van der Waals surface area contributed by atoms with Crippen LogP contribution in [-0.2, 0) is 6.42 Å². The summed E-state index contributed by atoms with van der Waals surface area (Å²) >= 11 is 0. The SMILES string of the molecule is CN1CCN(c2ccccc2Cc2ccc(F)c(F)c2)CC1. The van der Waals surface area contributed by atoms with Crippen molar-refractivity contribution in [2.75, 3.05) is 38.1 Å². The van der Waals surface area contributed by atoms with E-state index in [4.69, 9.17) is 0 Å². The smallest absolute Gasteiger partial charge is 0.159 e. The fraction of sp³-hybridized carbons (Fsp3) is 0.333. The van der Waals surface area contributed by atoms with Gasteiger partial charge in [0.15, 0.2) is 11.6 Å². The normalized spacial score (nSPS) is 16.0. The van der Waals surface area contributed by atoms with E-state index in [0.717, 1.165) is 37.3 Å². The van der Waals surface area contributed by atoms with E-state index in [2.05, 4.69) is 29.0 Å². The van der Waals surface area contributed by atoms with E-state index in [1.165, 1.54) is 17.8 Å². The van der Waals surface area contributed by atoms with Gasteiger partial charge in [0.25, 0.3) is 0 Å². The van der Waals surface area contributed by atoms with E-state index in [1.807, 2.05) is 12.1 Å². The highest BCUT2D eigenvalue weighted by atomic mass is 19.2. The summed E-state index contributed by atoms with van der Waals surface area (Å²) in [6.45, 7) is 4.07. The molecule has 4 heteroatoms. The quantitative estimate of drug-likeness (QED) is 0.858. The van der Waals surface area contributed by atoms with E-state index >= 15 is 0 Å². The molecule has 1 heterocycles. The molecule has 0 saturated carbocycles. The summed E-state index contributed by atoms with van der Waals surface area (Å²) in [6, 6.07) is 12.3. The molecule has 1 aliphatic heterocycles. The summed E-state index contributed by atoms with van der Waals surface area (Å²) in [7, 11) is 2.13. The lowest BCUT2D eigenvalue weighted by Gasteiger charge is -2.35. The summed E-state index contributed by atoms with van der Waals surface area (Å²) in [6.07, 6.45) is 0.611. The Morgan fingerprint density at radius 3 is 2.36 bits per heavy atom. The standard InChI is InChI=1S/C18H20F2N2/c1-21-8-10-22(11-9-21)18-5-3-2-4-15(18)12-14-6-7-16(19)17(20)13-14/h2-7,13H,8-12H2,1H3. The van der Waals surface area contributed by atoms with Crippen molar-refractivity contribution in [3.63, 3.8) is 0 Å². The van der Waals surface area contributed by atoms with Crippen LogP contribution < -0.4 is 4.90 Å². The number of piperazine rings is 1. The van der Waals surface area contributed by atoms with E-state index in [-0.39, 0.29) is 0 Å². The van der Waals surface area contributed by atoms with Gasteiger partial charge in [-0.05, 0) is 42.8 Å². The minimum Gasteiger partial charge on any atom is -0.369 e. The average Bonchev–Trinajstić information content (AvgIpc) is 2.52. The highest BCUT2D eigenvalue weighted by molar-refractivity contribution is 5.55. The van der Waals surface area contributed by atoms with Crippen molar-refractivity contribution in [3.8, 4) is 0 Å². The van der Waals surface area contributed by atoms with Crippen molar-refractivity contribution >= 4 is 5.69 Å². The van der Waals surface area contributed by atoms with Crippen molar-refractivity contribution in [1.82, 2.24) is 4.90 Å². The third-order valence-corrected chi connectivity index (χ3v) is 4.21. The summed E-state index contributed by atoms with van der Waals surface area (Å²) < 4.78 is 26.4. The first kappa shape index (κ1) is 15.0. The van der Waals surface area contributed by atoms with Gasteiger partial charge in [0.1, 0.15) is 0 Å². The highest BCUT2D eigenvalue weighted by Crippen LogP contribution is 2.24. The predicted octanol–water partition coefficient (Wildman–Crippen LogP) is 3.31. The molecule has 0 aromatic heterocycles. The summed E-state index contributed by atoms with van der Waals surface area (Å²) in [4.78, 5) is 4.68. The first-order valence-corrected chi connectivity index (χ1v) is 7.59. The molecule has 0 unspecified atom stereocenters. The van der Waals surface area contributed by atoms with Gasteiger partial charge in [-0.1, -0.05) is 24.3 Å². The van der Waals surface area contributed by atoms with E-state index in [9.17, 15) is 8.78 Å². The fourth-order valence-electron chi connectivity index (χ4n) is 2.89. The van der Waals surface area contributed by atoms with Crippen LogP contribution in [0.15, 0.2) is 42.5 Å². The van der Waals surface area contributed by atoms with Crippen molar-refractivity contribution in [3.05, 3.63) is 65.2 Å². The Hall–Kier alpha value is -1.94. The number of para-hydroxylation sites is 1. The van der Waals surface area contributed by atoms with Gasteiger partial charge in [-0.15, -0.1) is 0 Å². The van der Waals surface area contributed by atoms with Gasteiger partial charge >= 0.3 is 0 Å². The second-order valence-electron chi connectivity index (χ2n) is 5.84. The van der Waals surface area contributed by atoms with Crippen LogP contribution in [0.2, 0.25) is 0 Å². The van der Waals surface area contributed by atoms with Gasteiger partial charge < -0.3 is 9.80 Å². The molecule has 1 saturated heterocycles. The van der Waals surface area contributed by atoms with Gasteiger partial charge in [-0.3, -0.25) is 0 Å². The van der Waals surface area contributed by atoms with Crippen LogP contribution in [0, 0.1) is 11.6 Å². The maximum absolute atomic E-state index is 13.4. The molecule has 0 bridgehead atoms. The summed E-state index contributed by atoms with van der Waals surface area (Å²) in [5.74, 6) is -1.58. The van der Waals surface area contributed by atoms with E-state index in [0.29, 0.717) is 6.42 Å². The summed E-state index contributed by atoms with van der Waals surface area (Å²) in [5, 5.41) is 0. The van der Waals surface area contributed by atoms with Crippen LogP contribution in [0.1, 0.15) is 11.1 Å². The molecule has 0 aliphatic carbocycles. The highest BCUT2D eigenvalue weighted by Gasteiger charge is 2.17. The molecule has 1 fully saturated rings. The average molecular weight is 302 g/mol. The van der Waals surface area contributed by atoms with Gasteiger partial charge in [0.05, 0.1) is 0 Å². The molecule has 3 rings (SSSR count). The zero-order valence-electron chi connectivity index (χ0n) is 12.7. The van der Waals surface area contributed by atoms with Gasteiger partial charge in [0, 0.05) is 31.9 Å². The van der Waals surface area contributed by atoms with E-state index in [1.54, 1.807) is 6.07 Å². The fourth-order valence-corrected chi connectivity index (χ4v) is 2.89. The molecule has 0 atom stereocenters. The Balaban J connectivity index is 1.83. The molecule has 0 radical (unpaired) electrons. The molecule has 0 amide bonds. The van der Waals surface area contributed by atoms with Crippen LogP contribution >= 0.6 is 0 Å². The van der Waals surface area contributed by atoms with Gasteiger partial charge in [0.2, 0.25) is 0 Å². The number of nitrogens with zero attached hydrogens (tertiary/aromatic N) is 2. The molecule has 116 valence electrons. The minimum atomic E-state index is -0.795. The second kappa shape index (κ2) is 6.44. The topological polar surface area (TPSA) is 6.48 Å². The molecular formula is C18H20F2N2. The molecule has 1 aliphatic rings. The Labute approximate surface area is 130 Å². The zero-order chi connectivity index (χ0) is 15.5. The van der Waals surface area contributed by atoms with Crippen LogP contribution in [0.25, 0.3) is 0 Å². The van der Waals surface area contributed by atoms with Crippen molar-refractivity contribution < 1.29 is 8.78 Å². The Kier molecular flexibility index (Phi) is 4.39. The Morgan fingerprint density at radius 1 is 0.909 bits per heavy atom. The molecule has 0 N–H and O–H groups in total. The molecule has 2 nitrogen and oxygen atoms in total. The van der Waals surface area contributed by atoms with Crippen LogP contribution in [0.5, 0.6) is 0 Å². The molecule has 2 aromatic rings. The molecule has 2 aromatic carbocycles. The maximum Gasteiger partial charge on any atom is 0.159 e. The monoisotopic (exact) mass is 302 g/mol. The number of benzene rings is 2. The first-order valence-electron chi connectivity index (χ1n) is 7.59. The lowest BCUT2D eigenvalue weighted by Crippen LogP contribution is -2.44. The molecular weight excluding hydrogens is 282 g/mol. The van der Waals surface area contributed by atoms with Crippen molar-refractivity contribution in [2.45, 2.75) is 6.42 Å². The number of anilines is 1. The largest absolute Gasteiger partial charge is 0.369 e. The van der Waals surface area contributed by atoms with E-state index < -0.39 is 11.6 Å². The molecule has 22 heavy (non-hydrogen) atoms. The lowest BCUT2D eigenvalue weighted by atomic mass is 10.0. The summed E-state index contributed by atoms with van der Waals surface area (Å²) in [5.41, 5.74) is 3.14. The number of hydrogen-bond acceptors (Lipinski definition) is 2. The number of hydrogen-bond donors (Lipinski definition) is 0. The van der Waals surface area contributed by atoms with Crippen molar-refractivity contribution in [1.29, 1.82) is 0 Å². The van der Waals surface area contributed by atoms with Crippen LogP contribution in [-0.4, -0.2) is 38.1 Å². The number of halogens is 2. The number of likely N-dealkylation sites (N-methyl/N-ethyl adjacent to an activating group) is 1. The maximum atomic E-state index is 13.4. The lowest BCUT2D eigenvalue weighted by molar-refractivity contribution is 0.312. The van der Waals surface area contributed by atoms with Crippen molar-refractivity contribution in [2.24, 2.45) is 0 Å². The third kappa shape index (κ3) is 3.28.